The monoisotopic (exact) mass is 231 g/mol. The van der Waals surface area contributed by atoms with Gasteiger partial charge in [0.1, 0.15) is 11.3 Å². The molecular formula is C13H17N3O. The van der Waals surface area contributed by atoms with Crippen molar-refractivity contribution in [3.8, 4) is 0 Å². The summed E-state index contributed by atoms with van der Waals surface area (Å²) in [6.45, 7) is 4.52. The van der Waals surface area contributed by atoms with Crippen molar-refractivity contribution in [3.63, 3.8) is 0 Å². The van der Waals surface area contributed by atoms with E-state index in [0.29, 0.717) is 12.1 Å². The lowest BCUT2D eigenvalue weighted by molar-refractivity contribution is 0.0529. The van der Waals surface area contributed by atoms with E-state index in [1.807, 2.05) is 37.3 Å². The molecule has 1 unspecified atom stereocenters. The van der Waals surface area contributed by atoms with Gasteiger partial charge in [-0.2, -0.15) is 0 Å². The fourth-order valence-corrected chi connectivity index (χ4v) is 1.78. The second-order valence-electron chi connectivity index (χ2n) is 4.40. The molecule has 17 heavy (non-hydrogen) atoms. The summed E-state index contributed by atoms with van der Waals surface area (Å²) in [6.07, 6.45) is 2.33. The van der Waals surface area contributed by atoms with Crippen LogP contribution in [-0.2, 0) is 18.6 Å². The minimum absolute atomic E-state index is 0.538. The topological polar surface area (TPSA) is 50.9 Å². The van der Waals surface area contributed by atoms with Crippen LogP contribution in [0.1, 0.15) is 25.1 Å². The Bertz CT molecular complexity index is 476. The third-order valence-electron chi connectivity index (χ3n) is 2.81. The number of aromatic nitrogens is 3. The van der Waals surface area contributed by atoms with Crippen LogP contribution in [0.2, 0.25) is 0 Å². The van der Waals surface area contributed by atoms with Gasteiger partial charge >= 0.3 is 0 Å². The molecule has 0 aliphatic carbocycles. The van der Waals surface area contributed by atoms with Crippen LogP contribution in [0.3, 0.4) is 0 Å². The van der Waals surface area contributed by atoms with Crippen LogP contribution in [0.15, 0.2) is 36.5 Å². The number of benzene rings is 1. The summed E-state index contributed by atoms with van der Waals surface area (Å²) in [5.74, 6) is 0. The minimum atomic E-state index is -0.977. The highest BCUT2D eigenvalue weighted by Gasteiger charge is 2.26. The number of rotatable bonds is 4. The third-order valence-corrected chi connectivity index (χ3v) is 2.81. The zero-order valence-corrected chi connectivity index (χ0v) is 10.2. The van der Waals surface area contributed by atoms with E-state index in [1.54, 1.807) is 17.8 Å². The molecule has 90 valence electrons. The van der Waals surface area contributed by atoms with Crippen LogP contribution < -0.4 is 0 Å². The van der Waals surface area contributed by atoms with Gasteiger partial charge in [0.2, 0.25) is 0 Å². The summed E-state index contributed by atoms with van der Waals surface area (Å²) >= 11 is 0. The summed E-state index contributed by atoms with van der Waals surface area (Å²) in [5.41, 5.74) is 0.723. The first-order valence-electron chi connectivity index (χ1n) is 5.79. The second-order valence-corrected chi connectivity index (χ2v) is 4.40. The molecule has 4 heteroatoms. The Morgan fingerprint density at radius 2 is 2.00 bits per heavy atom. The summed E-state index contributed by atoms with van der Waals surface area (Å²) in [7, 11) is 0. The lowest BCUT2D eigenvalue weighted by Gasteiger charge is -2.20. The first-order valence-corrected chi connectivity index (χ1v) is 5.79. The minimum Gasteiger partial charge on any atom is -0.383 e. The number of hydrogen-bond acceptors (Lipinski definition) is 3. The first-order chi connectivity index (χ1) is 8.12. The Labute approximate surface area is 101 Å². The van der Waals surface area contributed by atoms with Gasteiger partial charge in [0, 0.05) is 13.0 Å². The van der Waals surface area contributed by atoms with E-state index in [9.17, 15) is 5.11 Å². The average Bonchev–Trinajstić information content (AvgIpc) is 2.79. The maximum Gasteiger partial charge on any atom is 0.114 e. The molecule has 0 spiro atoms. The predicted octanol–water partition coefficient (Wildman–Crippen LogP) is 1.75. The molecule has 1 aromatic heterocycles. The van der Waals surface area contributed by atoms with Gasteiger partial charge in [-0.1, -0.05) is 35.5 Å². The van der Waals surface area contributed by atoms with Gasteiger partial charge in [0.15, 0.2) is 0 Å². The van der Waals surface area contributed by atoms with Gasteiger partial charge in [0.25, 0.3) is 0 Å². The van der Waals surface area contributed by atoms with Gasteiger partial charge in [-0.25, -0.2) is 0 Å². The molecule has 2 rings (SSSR count). The maximum absolute atomic E-state index is 10.4. The number of hydrogen-bond donors (Lipinski definition) is 1. The van der Waals surface area contributed by atoms with Crippen molar-refractivity contribution in [2.45, 2.75) is 32.4 Å². The largest absolute Gasteiger partial charge is 0.383 e. The van der Waals surface area contributed by atoms with E-state index in [4.69, 9.17) is 0 Å². The predicted molar refractivity (Wildman–Crippen MR) is 65.4 cm³/mol. The molecule has 0 saturated carbocycles. The van der Waals surface area contributed by atoms with Crippen molar-refractivity contribution < 1.29 is 5.11 Å². The van der Waals surface area contributed by atoms with E-state index >= 15 is 0 Å². The molecule has 1 heterocycles. The molecule has 1 atom stereocenters. The average molecular weight is 231 g/mol. The fraction of sp³-hybridized carbons (Fsp3) is 0.385. The van der Waals surface area contributed by atoms with Crippen LogP contribution >= 0.6 is 0 Å². The Hall–Kier alpha value is -1.68. The van der Waals surface area contributed by atoms with E-state index in [2.05, 4.69) is 10.3 Å². The summed E-state index contributed by atoms with van der Waals surface area (Å²) < 4.78 is 1.72. The molecule has 4 nitrogen and oxygen atoms in total. The van der Waals surface area contributed by atoms with Gasteiger partial charge in [-0.05, 0) is 19.4 Å². The smallest absolute Gasteiger partial charge is 0.114 e. The number of aliphatic hydroxyl groups is 1. The highest BCUT2D eigenvalue weighted by atomic mass is 16.3. The van der Waals surface area contributed by atoms with E-state index < -0.39 is 5.60 Å². The van der Waals surface area contributed by atoms with Crippen LogP contribution in [0, 0.1) is 0 Å². The Morgan fingerprint density at radius 3 is 2.59 bits per heavy atom. The standard InChI is InChI=1S/C13H17N3O/c1-3-16-10-12(14-15-16)13(2,17)9-11-7-5-4-6-8-11/h4-8,10,17H,3,9H2,1-2H3. The van der Waals surface area contributed by atoms with Crippen LogP contribution in [0.25, 0.3) is 0 Å². The molecule has 0 aliphatic heterocycles. The second kappa shape index (κ2) is 4.67. The third kappa shape index (κ3) is 2.71. The Balaban J connectivity index is 2.18. The van der Waals surface area contributed by atoms with Crippen LogP contribution in [-0.4, -0.2) is 20.1 Å². The molecule has 1 aromatic carbocycles. The normalized spacial score (nSPS) is 14.5. The molecule has 2 aromatic rings. The van der Waals surface area contributed by atoms with Crippen LogP contribution in [0.4, 0.5) is 0 Å². The quantitative estimate of drug-likeness (QED) is 0.872. The number of nitrogens with zero attached hydrogens (tertiary/aromatic N) is 3. The molecule has 0 fully saturated rings. The summed E-state index contributed by atoms with van der Waals surface area (Å²) in [5, 5.41) is 18.4. The fourth-order valence-electron chi connectivity index (χ4n) is 1.78. The zero-order chi connectivity index (χ0) is 12.3. The van der Waals surface area contributed by atoms with Crippen molar-refractivity contribution in [1.29, 1.82) is 0 Å². The highest BCUT2D eigenvalue weighted by molar-refractivity contribution is 5.19. The molecule has 1 N–H and O–H groups in total. The lowest BCUT2D eigenvalue weighted by Crippen LogP contribution is -2.24. The Morgan fingerprint density at radius 1 is 1.29 bits per heavy atom. The Kier molecular flexibility index (Phi) is 3.24. The SMILES string of the molecule is CCn1cc(C(C)(O)Cc2ccccc2)nn1. The van der Waals surface area contributed by atoms with Gasteiger partial charge in [-0.3, -0.25) is 4.68 Å². The zero-order valence-electron chi connectivity index (χ0n) is 10.2. The lowest BCUT2D eigenvalue weighted by atomic mass is 9.94. The van der Waals surface area contributed by atoms with Gasteiger partial charge in [-0.15, -0.1) is 5.10 Å². The maximum atomic E-state index is 10.4. The van der Waals surface area contributed by atoms with E-state index in [0.717, 1.165) is 12.1 Å². The van der Waals surface area contributed by atoms with Crippen molar-refractivity contribution in [3.05, 3.63) is 47.8 Å². The summed E-state index contributed by atoms with van der Waals surface area (Å²) in [4.78, 5) is 0. The highest BCUT2D eigenvalue weighted by Crippen LogP contribution is 2.23. The summed E-state index contributed by atoms with van der Waals surface area (Å²) in [6, 6.07) is 9.89. The van der Waals surface area contributed by atoms with E-state index in [-0.39, 0.29) is 0 Å². The van der Waals surface area contributed by atoms with Gasteiger partial charge in [0.05, 0.1) is 6.20 Å². The molecule has 0 aliphatic rings. The molecule has 0 amide bonds. The van der Waals surface area contributed by atoms with E-state index in [1.165, 1.54) is 0 Å². The number of aryl methyl sites for hydroxylation is 1. The van der Waals surface area contributed by atoms with Crippen LogP contribution in [0.5, 0.6) is 0 Å². The molecule has 0 bridgehead atoms. The van der Waals surface area contributed by atoms with Crippen molar-refractivity contribution >= 4 is 0 Å². The van der Waals surface area contributed by atoms with Crippen molar-refractivity contribution in [1.82, 2.24) is 15.0 Å². The first kappa shape index (κ1) is 11.8. The molecular weight excluding hydrogens is 214 g/mol. The van der Waals surface area contributed by atoms with Crippen molar-refractivity contribution in [2.75, 3.05) is 0 Å². The van der Waals surface area contributed by atoms with Crippen molar-refractivity contribution in [2.24, 2.45) is 0 Å². The van der Waals surface area contributed by atoms with Gasteiger partial charge < -0.3 is 5.11 Å². The molecule has 0 saturated heterocycles. The molecule has 0 radical (unpaired) electrons.